The number of hydrogen-bond donors (Lipinski definition) is 1. The van der Waals surface area contributed by atoms with E-state index in [9.17, 15) is 8.42 Å². The molecule has 4 nitrogen and oxygen atoms in total. The first-order chi connectivity index (χ1) is 9.97. The van der Waals surface area contributed by atoms with Crippen molar-refractivity contribution < 1.29 is 8.42 Å². The Morgan fingerprint density at radius 1 is 1.14 bits per heavy atom. The van der Waals surface area contributed by atoms with Crippen LogP contribution >= 0.6 is 34.5 Å². The lowest BCUT2D eigenvalue weighted by Gasteiger charge is -2.08. The molecule has 1 aromatic carbocycles. The van der Waals surface area contributed by atoms with Gasteiger partial charge in [-0.15, -0.1) is 11.3 Å². The molecule has 8 heteroatoms. The summed E-state index contributed by atoms with van der Waals surface area (Å²) in [5.41, 5.74) is 0.992. The van der Waals surface area contributed by atoms with Crippen LogP contribution in [0.5, 0.6) is 0 Å². The van der Waals surface area contributed by atoms with Crippen LogP contribution in [-0.2, 0) is 10.0 Å². The SMILES string of the molecule is O=S(=O)(Nc1cccc2cccnc12)c1cc(Cl)c(Cl)s1. The second kappa shape index (κ2) is 5.46. The van der Waals surface area contributed by atoms with Crippen LogP contribution in [0.1, 0.15) is 0 Å². The van der Waals surface area contributed by atoms with Gasteiger partial charge in [0.2, 0.25) is 0 Å². The lowest BCUT2D eigenvalue weighted by Crippen LogP contribution is -2.11. The van der Waals surface area contributed by atoms with Gasteiger partial charge in [-0.3, -0.25) is 9.71 Å². The van der Waals surface area contributed by atoms with Crippen LogP contribution in [0.25, 0.3) is 10.9 Å². The number of rotatable bonds is 3. The Balaban J connectivity index is 2.05. The lowest BCUT2D eigenvalue weighted by molar-refractivity contribution is 0.603. The number of anilines is 1. The third-order valence-electron chi connectivity index (χ3n) is 2.76. The number of halogens is 2. The van der Waals surface area contributed by atoms with E-state index in [-0.39, 0.29) is 13.6 Å². The van der Waals surface area contributed by atoms with E-state index < -0.39 is 10.0 Å². The topological polar surface area (TPSA) is 59.1 Å². The van der Waals surface area contributed by atoms with Gasteiger partial charge in [-0.25, -0.2) is 8.42 Å². The number of fused-ring (bicyclic) bond motifs is 1. The number of thiophene rings is 1. The molecule has 2 heterocycles. The van der Waals surface area contributed by atoms with Crippen molar-refractivity contribution in [3.8, 4) is 0 Å². The number of nitrogens with zero attached hydrogens (tertiary/aromatic N) is 1. The summed E-state index contributed by atoms with van der Waals surface area (Å²) in [6.45, 7) is 0. The van der Waals surface area contributed by atoms with Crippen molar-refractivity contribution in [2.45, 2.75) is 4.21 Å². The maximum atomic E-state index is 12.4. The number of sulfonamides is 1. The molecule has 0 spiro atoms. The smallest absolute Gasteiger partial charge is 0.271 e. The van der Waals surface area contributed by atoms with Crippen LogP contribution in [0.4, 0.5) is 5.69 Å². The average molecular weight is 359 g/mol. The fourth-order valence-electron chi connectivity index (χ4n) is 1.84. The van der Waals surface area contributed by atoms with E-state index >= 15 is 0 Å². The highest BCUT2D eigenvalue weighted by molar-refractivity contribution is 7.94. The van der Waals surface area contributed by atoms with Crippen molar-refractivity contribution in [2.75, 3.05) is 4.72 Å². The average Bonchev–Trinajstić information content (AvgIpc) is 2.80. The molecule has 0 aliphatic carbocycles. The molecule has 0 saturated heterocycles. The fourth-order valence-corrected chi connectivity index (χ4v) is 4.79. The van der Waals surface area contributed by atoms with E-state index in [1.165, 1.54) is 6.07 Å². The van der Waals surface area contributed by atoms with Crippen molar-refractivity contribution in [1.82, 2.24) is 4.98 Å². The number of para-hydroxylation sites is 1. The quantitative estimate of drug-likeness (QED) is 0.754. The Labute approximate surface area is 135 Å². The summed E-state index contributed by atoms with van der Waals surface area (Å²) in [6.07, 6.45) is 1.61. The van der Waals surface area contributed by atoms with Gasteiger partial charge >= 0.3 is 0 Å². The summed E-state index contributed by atoms with van der Waals surface area (Å²) >= 11 is 12.5. The fraction of sp³-hybridized carbons (Fsp3) is 0. The predicted molar refractivity (Wildman–Crippen MR) is 86.9 cm³/mol. The number of pyridine rings is 1. The van der Waals surface area contributed by atoms with Crippen LogP contribution < -0.4 is 4.72 Å². The standard InChI is InChI=1S/C13H8Cl2N2O2S2/c14-9-7-11(20-13(9)15)21(18,19)17-10-5-1-3-8-4-2-6-16-12(8)10/h1-7,17H. The number of hydrogen-bond acceptors (Lipinski definition) is 4. The van der Waals surface area contributed by atoms with Gasteiger partial charge < -0.3 is 0 Å². The minimum atomic E-state index is -3.75. The highest BCUT2D eigenvalue weighted by Crippen LogP contribution is 2.35. The summed E-state index contributed by atoms with van der Waals surface area (Å²) in [7, 11) is -3.75. The van der Waals surface area contributed by atoms with Gasteiger partial charge in [0.1, 0.15) is 8.55 Å². The Morgan fingerprint density at radius 3 is 2.62 bits per heavy atom. The first-order valence-corrected chi connectivity index (χ1v) is 8.84. The molecule has 0 atom stereocenters. The molecule has 1 N–H and O–H groups in total. The Morgan fingerprint density at radius 2 is 1.90 bits per heavy atom. The van der Waals surface area contributed by atoms with Gasteiger partial charge in [-0.1, -0.05) is 41.4 Å². The van der Waals surface area contributed by atoms with Gasteiger partial charge in [0, 0.05) is 11.6 Å². The van der Waals surface area contributed by atoms with E-state index in [1.54, 1.807) is 24.4 Å². The highest BCUT2D eigenvalue weighted by atomic mass is 35.5. The van der Waals surface area contributed by atoms with Crippen molar-refractivity contribution in [3.63, 3.8) is 0 Å². The Hall–Kier alpha value is -1.34. The third-order valence-corrected chi connectivity index (χ3v) is 6.47. The summed E-state index contributed by atoms with van der Waals surface area (Å²) in [5, 5.41) is 1.07. The second-order valence-electron chi connectivity index (χ2n) is 4.17. The zero-order chi connectivity index (χ0) is 15.0. The van der Waals surface area contributed by atoms with Gasteiger partial charge in [-0.05, 0) is 18.2 Å². The zero-order valence-electron chi connectivity index (χ0n) is 10.4. The van der Waals surface area contributed by atoms with Gasteiger partial charge in [0.25, 0.3) is 10.0 Å². The molecular weight excluding hydrogens is 351 g/mol. The highest BCUT2D eigenvalue weighted by Gasteiger charge is 2.20. The summed E-state index contributed by atoms with van der Waals surface area (Å²) < 4.78 is 27.6. The monoisotopic (exact) mass is 358 g/mol. The second-order valence-corrected chi connectivity index (χ2v) is 8.14. The molecule has 0 bridgehead atoms. The van der Waals surface area contributed by atoms with E-state index in [2.05, 4.69) is 9.71 Å². The Bertz CT molecular complexity index is 898. The minimum Gasteiger partial charge on any atom is -0.277 e. The number of nitrogens with one attached hydrogen (secondary N) is 1. The van der Waals surface area contributed by atoms with E-state index in [1.807, 2.05) is 12.1 Å². The van der Waals surface area contributed by atoms with Gasteiger partial charge in [0.15, 0.2) is 0 Å². The van der Waals surface area contributed by atoms with E-state index in [4.69, 9.17) is 23.2 Å². The predicted octanol–water partition coefficient (Wildman–Crippen LogP) is 4.40. The van der Waals surface area contributed by atoms with Gasteiger partial charge in [0.05, 0.1) is 16.2 Å². The van der Waals surface area contributed by atoms with Crippen molar-refractivity contribution in [2.24, 2.45) is 0 Å². The van der Waals surface area contributed by atoms with Crippen molar-refractivity contribution >= 4 is 61.2 Å². The molecule has 0 fully saturated rings. The van der Waals surface area contributed by atoms with Crippen LogP contribution in [0.3, 0.4) is 0 Å². The molecule has 21 heavy (non-hydrogen) atoms. The minimum absolute atomic E-state index is 0.0606. The molecule has 108 valence electrons. The molecule has 0 amide bonds. The molecular formula is C13H8Cl2N2O2S2. The first kappa shape index (κ1) is 14.6. The molecule has 2 aromatic heterocycles. The summed E-state index contributed by atoms with van der Waals surface area (Å²) in [6, 6.07) is 10.3. The number of benzene rings is 1. The first-order valence-electron chi connectivity index (χ1n) is 5.79. The number of aromatic nitrogens is 1. The van der Waals surface area contributed by atoms with Crippen molar-refractivity contribution in [3.05, 3.63) is 52.0 Å². The summed E-state index contributed by atoms with van der Waals surface area (Å²) in [4.78, 5) is 4.21. The molecule has 0 aliphatic heterocycles. The van der Waals surface area contributed by atoms with Gasteiger partial charge in [-0.2, -0.15) is 0 Å². The van der Waals surface area contributed by atoms with Crippen LogP contribution in [0.2, 0.25) is 9.36 Å². The maximum absolute atomic E-state index is 12.4. The van der Waals surface area contributed by atoms with Crippen LogP contribution in [0.15, 0.2) is 46.8 Å². The molecule has 0 unspecified atom stereocenters. The molecule has 0 aliphatic rings. The molecule has 0 saturated carbocycles. The van der Waals surface area contributed by atoms with E-state index in [0.717, 1.165) is 16.7 Å². The Kier molecular flexibility index (Phi) is 3.79. The third kappa shape index (κ3) is 2.85. The molecule has 0 radical (unpaired) electrons. The largest absolute Gasteiger partial charge is 0.277 e. The normalized spacial score (nSPS) is 11.7. The molecule has 3 rings (SSSR count). The van der Waals surface area contributed by atoms with Crippen LogP contribution in [0, 0.1) is 0 Å². The summed E-state index contributed by atoms with van der Waals surface area (Å²) in [5.74, 6) is 0. The maximum Gasteiger partial charge on any atom is 0.271 e. The lowest BCUT2D eigenvalue weighted by atomic mass is 10.2. The molecule has 3 aromatic rings. The van der Waals surface area contributed by atoms with Crippen molar-refractivity contribution in [1.29, 1.82) is 0 Å². The van der Waals surface area contributed by atoms with Crippen LogP contribution in [-0.4, -0.2) is 13.4 Å². The zero-order valence-corrected chi connectivity index (χ0v) is 13.5. The van der Waals surface area contributed by atoms with E-state index in [0.29, 0.717) is 11.2 Å².